The summed E-state index contributed by atoms with van der Waals surface area (Å²) in [6, 6.07) is 6.73. The number of nitrogens with zero attached hydrogens (tertiary/aromatic N) is 2. The Morgan fingerprint density at radius 2 is 2.20 bits per heavy atom. The lowest BCUT2D eigenvalue weighted by Gasteiger charge is -2.31. The fraction of sp³-hybridized carbons (Fsp3) is 0.583. The van der Waals surface area contributed by atoms with Crippen molar-refractivity contribution in [2.75, 3.05) is 13.6 Å². The molecule has 0 spiro atoms. The molecule has 2 atom stereocenters. The molecule has 2 unspecified atom stereocenters. The van der Waals surface area contributed by atoms with E-state index < -0.39 is 0 Å². The summed E-state index contributed by atoms with van der Waals surface area (Å²) in [4.78, 5) is 6.66. The number of hydrogen-bond acceptors (Lipinski definition) is 3. The van der Waals surface area contributed by atoms with Crippen molar-refractivity contribution in [3.8, 4) is 0 Å². The molecular formula is C12H21N3. The topological polar surface area (TPSA) is 42.1 Å². The van der Waals surface area contributed by atoms with Crippen molar-refractivity contribution in [3.05, 3.63) is 30.1 Å². The van der Waals surface area contributed by atoms with Gasteiger partial charge >= 0.3 is 0 Å². The summed E-state index contributed by atoms with van der Waals surface area (Å²) >= 11 is 0. The summed E-state index contributed by atoms with van der Waals surface area (Å²) < 4.78 is 0. The van der Waals surface area contributed by atoms with Gasteiger partial charge in [-0.3, -0.25) is 9.88 Å². The molecule has 0 fully saturated rings. The maximum atomic E-state index is 5.82. The van der Waals surface area contributed by atoms with Gasteiger partial charge in [-0.2, -0.15) is 0 Å². The number of likely N-dealkylation sites (N-methyl/N-ethyl adjacent to an activating group) is 1. The van der Waals surface area contributed by atoms with Crippen LogP contribution in [0.25, 0.3) is 0 Å². The molecule has 0 aliphatic carbocycles. The van der Waals surface area contributed by atoms with Crippen LogP contribution in [-0.4, -0.2) is 29.5 Å². The maximum absolute atomic E-state index is 5.82. The molecule has 0 bridgehead atoms. The molecule has 1 rings (SSSR count). The molecule has 3 heteroatoms. The SMILES string of the molecule is CCC(C)N(C)C(CN)c1ccccn1. The highest BCUT2D eigenvalue weighted by atomic mass is 15.2. The Morgan fingerprint density at radius 1 is 1.47 bits per heavy atom. The molecule has 15 heavy (non-hydrogen) atoms. The van der Waals surface area contributed by atoms with Crippen LogP contribution in [0.5, 0.6) is 0 Å². The number of hydrogen-bond donors (Lipinski definition) is 1. The molecular weight excluding hydrogens is 186 g/mol. The first-order valence-corrected chi connectivity index (χ1v) is 5.53. The zero-order valence-corrected chi connectivity index (χ0v) is 9.85. The van der Waals surface area contributed by atoms with Crippen LogP contribution < -0.4 is 5.73 Å². The number of pyridine rings is 1. The van der Waals surface area contributed by atoms with Gasteiger partial charge < -0.3 is 5.73 Å². The van der Waals surface area contributed by atoms with Gasteiger partial charge in [0.05, 0.1) is 11.7 Å². The van der Waals surface area contributed by atoms with E-state index in [9.17, 15) is 0 Å². The molecule has 0 saturated heterocycles. The minimum absolute atomic E-state index is 0.223. The summed E-state index contributed by atoms with van der Waals surface area (Å²) in [7, 11) is 2.11. The van der Waals surface area contributed by atoms with Crippen LogP contribution in [0.3, 0.4) is 0 Å². The van der Waals surface area contributed by atoms with Crippen molar-refractivity contribution in [3.63, 3.8) is 0 Å². The second-order valence-corrected chi connectivity index (χ2v) is 3.93. The summed E-state index contributed by atoms with van der Waals surface area (Å²) in [5.41, 5.74) is 6.87. The van der Waals surface area contributed by atoms with Gasteiger partial charge in [-0.15, -0.1) is 0 Å². The molecule has 0 aliphatic heterocycles. The van der Waals surface area contributed by atoms with Crippen molar-refractivity contribution in [1.82, 2.24) is 9.88 Å². The van der Waals surface area contributed by atoms with Crippen LogP contribution in [0, 0.1) is 0 Å². The lowest BCUT2D eigenvalue weighted by atomic mass is 10.1. The van der Waals surface area contributed by atoms with Gasteiger partial charge in [-0.05, 0) is 32.5 Å². The largest absolute Gasteiger partial charge is 0.329 e. The average Bonchev–Trinajstić information content (AvgIpc) is 2.30. The quantitative estimate of drug-likeness (QED) is 0.800. The minimum atomic E-state index is 0.223. The molecule has 84 valence electrons. The third-order valence-electron chi connectivity index (χ3n) is 3.03. The third-order valence-corrected chi connectivity index (χ3v) is 3.03. The number of rotatable bonds is 5. The van der Waals surface area contributed by atoms with E-state index in [0.29, 0.717) is 12.6 Å². The highest BCUT2D eigenvalue weighted by Crippen LogP contribution is 2.18. The predicted octanol–water partition coefficient (Wildman–Crippen LogP) is 1.81. The fourth-order valence-corrected chi connectivity index (χ4v) is 1.66. The summed E-state index contributed by atoms with van der Waals surface area (Å²) in [5, 5.41) is 0. The van der Waals surface area contributed by atoms with Gasteiger partial charge in [0, 0.05) is 18.8 Å². The van der Waals surface area contributed by atoms with E-state index in [4.69, 9.17) is 5.73 Å². The van der Waals surface area contributed by atoms with Crippen LogP contribution in [0.4, 0.5) is 0 Å². The van der Waals surface area contributed by atoms with E-state index in [2.05, 4.69) is 30.8 Å². The van der Waals surface area contributed by atoms with Gasteiger partial charge in [0.2, 0.25) is 0 Å². The lowest BCUT2D eigenvalue weighted by molar-refractivity contribution is 0.181. The van der Waals surface area contributed by atoms with E-state index in [0.717, 1.165) is 12.1 Å². The smallest absolute Gasteiger partial charge is 0.0644 e. The highest BCUT2D eigenvalue weighted by molar-refractivity contribution is 5.09. The number of aromatic nitrogens is 1. The van der Waals surface area contributed by atoms with Crippen molar-refractivity contribution < 1.29 is 0 Å². The van der Waals surface area contributed by atoms with Crippen LogP contribution >= 0.6 is 0 Å². The van der Waals surface area contributed by atoms with Gasteiger partial charge in [0.15, 0.2) is 0 Å². The number of nitrogens with two attached hydrogens (primary N) is 1. The van der Waals surface area contributed by atoms with E-state index in [1.807, 2.05) is 24.4 Å². The molecule has 1 aromatic rings. The highest BCUT2D eigenvalue weighted by Gasteiger charge is 2.19. The summed E-state index contributed by atoms with van der Waals surface area (Å²) in [6.07, 6.45) is 2.95. The second kappa shape index (κ2) is 5.83. The summed E-state index contributed by atoms with van der Waals surface area (Å²) in [6.45, 7) is 5.01. The minimum Gasteiger partial charge on any atom is -0.329 e. The molecule has 2 N–H and O–H groups in total. The Bertz CT molecular complexity index is 273. The molecule has 1 heterocycles. The van der Waals surface area contributed by atoms with Crippen LogP contribution in [-0.2, 0) is 0 Å². The normalized spacial score (nSPS) is 15.3. The average molecular weight is 207 g/mol. The standard InChI is InChI=1S/C12H21N3/c1-4-10(2)15(3)12(9-13)11-7-5-6-8-14-11/h5-8,10,12H,4,9,13H2,1-3H3. The Morgan fingerprint density at radius 3 is 2.67 bits per heavy atom. The molecule has 0 aromatic carbocycles. The zero-order valence-electron chi connectivity index (χ0n) is 9.85. The van der Waals surface area contributed by atoms with Gasteiger partial charge in [0.1, 0.15) is 0 Å². The first kappa shape index (κ1) is 12.1. The first-order valence-electron chi connectivity index (χ1n) is 5.53. The van der Waals surface area contributed by atoms with E-state index in [-0.39, 0.29) is 6.04 Å². The molecule has 0 aliphatic rings. The van der Waals surface area contributed by atoms with E-state index >= 15 is 0 Å². The molecule has 0 amide bonds. The predicted molar refractivity (Wildman–Crippen MR) is 63.5 cm³/mol. The Balaban J connectivity index is 2.80. The molecule has 0 saturated carbocycles. The van der Waals surface area contributed by atoms with E-state index in [1.54, 1.807) is 0 Å². The first-order chi connectivity index (χ1) is 7.20. The van der Waals surface area contributed by atoms with Gasteiger partial charge in [0.25, 0.3) is 0 Å². The third kappa shape index (κ3) is 3.01. The van der Waals surface area contributed by atoms with Crippen LogP contribution in [0.1, 0.15) is 32.0 Å². The second-order valence-electron chi connectivity index (χ2n) is 3.93. The molecule has 0 radical (unpaired) electrons. The van der Waals surface area contributed by atoms with Gasteiger partial charge in [-0.25, -0.2) is 0 Å². The van der Waals surface area contributed by atoms with Crippen molar-refractivity contribution >= 4 is 0 Å². The lowest BCUT2D eigenvalue weighted by Crippen LogP contribution is -2.37. The van der Waals surface area contributed by atoms with Crippen LogP contribution in [0.2, 0.25) is 0 Å². The fourth-order valence-electron chi connectivity index (χ4n) is 1.66. The Labute approximate surface area is 92.3 Å². The van der Waals surface area contributed by atoms with Crippen molar-refractivity contribution in [2.45, 2.75) is 32.4 Å². The van der Waals surface area contributed by atoms with Crippen molar-refractivity contribution in [1.29, 1.82) is 0 Å². The Hall–Kier alpha value is -0.930. The van der Waals surface area contributed by atoms with Gasteiger partial charge in [-0.1, -0.05) is 13.0 Å². The summed E-state index contributed by atoms with van der Waals surface area (Å²) in [5.74, 6) is 0. The molecule has 1 aromatic heterocycles. The maximum Gasteiger partial charge on any atom is 0.0644 e. The van der Waals surface area contributed by atoms with Crippen molar-refractivity contribution in [2.24, 2.45) is 5.73 Å². The zero-order chi connectivity index (χ0) is 11.3. The Kier molecular flexibility index (Phi) is 4.72. The monoisotopic (exact) mass is 207 g/mol. The van der Waals surface area contributed by atoms with Crippen LogP contribution in [0.15, 0.2) is 24.4 Å². The molecule has 3 nitrogen and oxygen atoms in total. The van der Waals surface area contributed by atoms with E-state index in [1.165, 1.54) is 0 Å².